The summed E-state index contributed by atoms with van der Waals surface area (Å²) in [4.78, 5) is 0. The third-order valence-electron chi connectivity index (χ3n) is 3.45. The van der Waals surface area contributed by atoms with Gasteiger partial charge in [-0.15, -0.1) is 0 Å². The second-order valence-electron chi connectivity index (χ2n) is 4.72. The van der Waals surface area contributed by atoms with Crippen LogP contribution in [0.1, 0.15) is 50.0 Å². The first-order valence-corrected chi connectivity index (χ1v) is 7.06. The predicted molar refractivity (Wildman–Crippen MR) is 76.2 cm³/mol. The largest absolute Gasteiger partial charge is 0.453 e. The zero-order valence-electron chi connectivity index (χ0n) is 11.3. The highest BCUT2D eigenvalue weighted by atomic mass is 35.5. The monoisotopic (exact) mass is 281 g/mol. The normalized spacial score (nSPS) is 13.1. The molecule has 4 nitrogen and oxygen atoms in total. The van der Waals surface area contributed by atoms with Gasteiger partial charge in [0.2, 0.25) is 0 Å². The minimum Gasteiger partial charge on any atom is -0.453 e. The highest BCUT2D eigenvalue weighted by Crippen LogP contribution is 2.25. The Morgan fingerprint density at radius 2 is 2.11 bits per heavy atom. The molecule has 1 unspecified atom stereocenters. The Hall–Kier alpha value is -1.26. The second kappa shape index (κ2) is 6.26. The van der Waals surface area contributed by atoms with E-state index in [1.165, 1.54) is 0 Å². The molecule has 0 amide bonds. The van der Waals surface area contributed by atoms with Crippen molar-refractivity contribution in [3.05, 3.63) is 41.1 Å². The van der Waals surface area contributed by atoms with Crippen LogP contribution in [0.4, 0.5) is 0 Å². The molecule has 2 aromatic heterocycles. The summed E-state index contributed by atoms with van der Waals surface area (Å²) in [5.41, 5.74) is 7.94. The van der Waals surface area contributed by atoms with Gasteiger partial charge < -0.3 is 10.2 Å². The van der Waals surface area contributed by atoms with Gasteiger partial charge in [0.1, 0.15) is 0 Å². The van der Waals surface area contributed by atoms with Gasteiger partial charge in [-0.05, 0) is 36.6 Å². The summed E-state index contributed by atoms with van der Waals surface area (Å²) >= 11 is 5.93. The van der Waals surface area contributed by atoms with E-state index in [4.69, 9.17) is 21.8 Å². The van der Waals surface area contributed by atoms with E-state index in [1.807, 2.05) is 23.0 Å². The predicted octanol–water partition coefficient (Wildman–Crippen LogP) is 3.73. The molecule has 0 fully saturated rings. The molecule has 0 radical (unpaired) electrons. The van der Waals surface area contributed by atoms with Gasteiger partial charge in [-0.2, -0.15) is 5.10 Å². The van der Waals surface area contributed by atoms with Crippen molar-refractivity contribution in [2.24, 2.45) is 5.73 Å². The lowest BCUT2D eigenvalue weighted by molar-refractivity contribution is 0.424. The lowest BCUT2D eigenvalue weighted by Crippen LogP contribution is -2.14. The van der Waals surface area contributed by atoms with Crippen molar-refractivity contribution in [1.29, 1.82) is 0 Å². The number of aromatic nitrogens is 2. The standard InChI is InChI=1S/C14H20ClN3O/c1-3-11(4-2)18-7-5-10(17-18)9-13(16)12-6-8-19-14(12)15/h5-8,11,13H,3-4,9,16H2,1-2H3. The number of nitrogens with two attached hydrogens (primary N) is 1. The Bertz CT molecular complexity index is 516. The van der Waals surface area contributed by atoms with E-state index in [-0.39, 0.29) is 6.04 Å². The van der Waals surface area contributed by atoms with Crippen molar-refractivity contribution >= 4 is 11.6 Å². The molecule has 0 aromatic carbocycles. The Kier molecular flexibility index (Phi) is 4.66. The molecule has 0 spiro atoms. The van der Waals surface area contributed by atoms with Crippen LogP contribution in [0.15, 0.2) is 29.0 Å². The van der Waals surface area contributed by atoms with Crippen LogP contribution in [0, 0.1) is 0 Å². The molecule has 0 saturated heterocycles. The molecule has 2 rings (SSSR count). The molecule has 2 N–H and O–H groups in total. The molecule has 5 heteroatoms. The van der Waals surface area contributed by atoms with Crippen molar-refractivity contribution in [3.8, 4) is 0 Å². The van der Waals surface area contributed by atoms with Gasteiger partial charge in [0, 0.05) is 24.2 Å². The summed E-state index contributed by atoms with van der Waals surface area (Å²) in [7, 11) is 0. The average molecular weight is 282 g/mol. The molecule has 2 heterocycles. The Balaban J connectivity index is 2.06. The number of furan rings is 1. The summed E-state index contributed by atoms with van der Waals surface area (Å²) in [5, 5.41) is 4.96. The molecular formula is C14H20ClN3O. The maximum absolute atomic E-state index is 6.13. The fraction of sp³-hybridized carbons (Fsp3) is 0.500. The lowest BCUT2D eigenvalue weighted by atomic mass is 10.1. The van der Waals surface area contributed by atoms with Crippen molar-refractivity contribution in [2.75, 3.05) is 0 Å². The molecule has 0 aliphatic rings. The number of hydrogen-bond acceptors (Lipinski definition) is 3. The fourth-order valence-electron chi connectivity index (χ4n) is 2.26. The third kappa shape index (κ3) is 3.19. The van der Waals surface area contributed by atoms with E-state index < -0.39 is 0 Å². The van der Waals surface area contributed by atoms with Crippen LogP contribution in [-0.2, 0) is 6.42 Å². The van der Waals surface area contributed by atoms with E-state index in [1.54, 1.807) is 6.26 Å². The minimum atomic E-state index is -0.184. The second-order valence-corrected chi connectivity index (χ2v) is 5.06. The molecule has 1 atom stereocenters. The smallest absolute Gasteiger partial charge is 0.197 e. The van der Waals surface area contributed by atoms with Crippen molar-refractivity contribution < 1.29 is 4.42 Å². The first-order chi connectivity index (χ1) is 9.15. The first kappa shape index (κ1) is 14.2. The molecule has 0 saturated carbocycles. The molecular weight excluding hydrogens is 262 g/mol. The average Bonchev–Trinajstić information content (AvgIpc) is 3.00. The molecule has 0 aliphatic carbocycles. The topological polar surface area (TPSA) is 57.0 Å². The summed E-state index contributed by atoms with van der Waals surface area (Å²) in [5.74, 6) is 0. The number of halogens is 1. The quantitative estimate of drug-likeness (QED) is 0.878. The van der Waals surface area contributed by atoms with E-state index in [0.717, 1.165) is 24.1 Å². The van der Waals surface area contributed by atoms with Crippen LogP contribution in [0.25, 0.3) is 0 Å². The maximum Gasteiger partial charge on any atom is 0.197 e. The van der Waals surface area contributed by atoms with Crippen molar-refractivity contribution in [3.63, 3.8) is 0 Å². The van der Waals surface area contributed by atoms with Gasteiger partial charge in [0.05, 0.1) is 18.0 Å². The molecule has 0 aliphatic heterocycles. The Morgan fingerprint density at radius 1 is 1.37 bits per heavy atom. The first-order valence-electron chi connectivity index (χ1n) is 6.68. The van der Waals surface area contributed by atoms with Gasteiger partial charge in [0.15, 0.2) is 5.22 Å². The van der Waals surface area contributed by atoms with Gasteiger partial charge in [0.25, 0.3) is 0 Å². The van der Waals surface area contributed by atoms with Crippen LogP contribution in [0.2, 0.25) is 5.22 Å². The van der Waals surface area contributed by atoms with Gasteiger partial charge >= 0.3 is 0 Å². The fourth-order valence-corrected chi connectivity index (χ4v) is 2.51. The van der Waals surface area contributed by atoms with E-state index >= 15 is 0 Å². The third-order valence-corrected chi connectivity index (χ3v) is 3.76. The molecule has 2 aromatic rings. The van der Waals surface area contributed by atoms with Crippen LogP contribution in [0.5, 0.6) is 0 Å². The van der Waals surface area contributed by atoms with Gasteiger partial charge in [-0.1, -0.05) is 13.8 Å². The van der Waals surface area contributed by atoms with Crippen LogP contribution >= 0.6 is 11.6 Å². The number of rotatable bonds is 6. The summed E-state index contributed by atoms with van der Waals surface area (Å²) in [6, 6.07) is 4.11. The summed E-state index contributed by atoms with van der Waals surface area (Å²) in [6.07, 6.45) is 6.40. The van der Waals surface area contributed by atoms with E-state index in [2.05, 4.69) is 18.9 Å². The van der Waals surface area contributed by atoms with Crippen molar-refractivity contribution in [1.82, 2.24) is 9.78 Å². The zero-order valence-corrected chi connectivity index (χ0v) is 12.1. The van der Waals surface area contributed by atoms with Crippen LogP contribution < -0.4 is 5.73 Å². The molecule has 104 valence electrons. The van der Waals surface area contributed by atoms with Crippen LogP contribution in [0.3, 0.4) is 0 Å². The zero-order chi connectivity index (χ0) is 13.8. The number of hydrogen-bond donors (Lipinski definition) is 1. The van der Waals surface area contributed by atoms with E-state index in [9.17, 15) is 0 Å². The highest BCUT2D eigenvalue weighted by Gasteiger charge is 2.15. The maximum atomic E-state index is 6.13. The Morgan fingerprint density at radius 3 is 2.68 bits per heavy atom. The van der Waals surface area contributed by atoms with Gasteiger partial charge in [-0.25, -0.2) is 0 Å². The van der Waals surface area contributed by atoms with Gasteiger partial charge in [-0.3, -0.25) is 4.68 Å². The molecule has 19 heavy (non-hydrogen) atoms. The lowest BCUT2D eigenvalue weighted by Gasteiger charge is -2.13. The highest BCUT2D eigenvalue weighted by molar-refractivity contribution is 6.29. The SMILES string of the molecule is CCC(CC)n1ccc(CC(N)c2ccoc2Cl)n1. The summed E-state index contributed by atoms with van der Waals surface area (Å²) < 4.78 is 7.09. The summed E-state index contributed by atoms with van der Waals surface area (Å²) in [6.45, 7) is 4.35. The molecule has 0 bridgehead atoms. The number of nitrogens with zero attached hydrogens (tertiary/aromatic N) is 2. The van der Waals surface area contributed by atoms with Crippen molar-refractivity contribution in [2.45, 2.75) is 45.2 Å². The van der Waals surface area contributed by atoms with Crippen LogP contribution in [-0.4, -0.2) is 9.78 Å². The minimum absolute atomic E-state index is 0.184. The Labute approximate surface area is 118 Å². The van der Waals surface area contributed by atoms with E-state index in [0.29, 0.717) is 17.7 Å².